The molecule has 0 aliphatic rings. The number of rotatable bonds is 7. The van der Waals surface area contributed by atoms with E-state index in [-0.39, 0.29) is 40.8 Å². The number of nitrogens with one attached hydrogen (secondary N) is 3. The molecule has 0 fully saturated rings. The SMILES string of the molecule is CC(C)C[C@@H](NC(=O)CCc1n[nH]c(=S)[nH]c1=O)c1ccccc1. The first kappa shape index (κ1) is 18.1. The minimum absolute atomic E-state index is 0.0356. The molecule has 24 heavy (non-hydrogen) atoms. The largest absolute Gasteiger partial charge is 0.349 e. The molecule has 0 saturated heterocycles. The zero-order valence-corrected chi connectivity index (χ0v) is 14.7. The highest BCUT2D eigenvalue weighted by atomic mass is 32.1. The number of H-pyrrole nitrogens is 2. The second-order valence-electron chi connectivity index (χ2n) is 6.11. The van der Waals surface area contributed by atoms with Gasteiger partial charge in [-0.15, -0.1) is 0 Å². The third-order valence-corrected chi connectivity index (χ3v) is 3.81. The molecule has 2 aromatic rings. The molecule has 1 aromatic heterocycles. The highest BCUT2D eigenvalue weighted by molar-refractivity contribution is 7.71. The molecule has 128 valence electrons. The Labute approximate surface area is 145 Å². The number of hydrogen-bond donors (Lipinski definition) is 3. The molecule has 0 radical (unpaired) electrons. The first-order valence-electron chi connectivity index (χ1n) is 7.98. The lowest BCUT2D eigenvalue weighted by molar-refractivity contribution is -0.121. The monoisotopic (exact) mass is 346 g/mol. The zero-order valence-electron chi connectivity index (χ0n) is 13.8. The van der Waals surface area contributed by atoms with Crippen LogP contribution in [-0.2, 0) is 11.2 Å². The fraction of sp³-hybridized carbons (Fsp3) is 0.412. The van der Waals surface area contributed by atoms with E-state index in [1.165, 1.54) is 0 Å². The Kier molecular flexibility index (Phi) is 6.43. The van der Waals surface area contributed by atoms with Crippen molar-refractivity contribution in [2.45, 2.75) is 39.2 Å². The lowest BCUT2D eigenvalue weighted by Gasteiger charge is -2.21. The average molecular weight is 346 g/mol. The van der Waals surface area contributed by atoms with E-state index >= 15 is 0 Å². The molecule has 2 rings (SSSR count). The van der Waals surface area contributed by atoms with Gasteiger partial charge in [-0.25, -0.2) is 0 Å². The Morgan fingerprint density at radius 1 is 1.29 bits per heavy atom. The molecule has 0 spiro atoms. The van der Waals surface area contributed by atoms with Crippen LogP contribution in [0.15, 0.2) is 35.1 Å². The van der Waals surface area contributed by atoms with Crippen LogP contribution in [0.5, 0.6) is 0 Å². The van der Waals surface area contributed by atoms with Crippen LogP contribution in [0, 0.1) is 10.7 Å². The van der Waals surface area contributed by atoms with Crippen LogP contribution in [0.25, 0.3) is 0 Å². The molecule has 3 N–H and O–H groups in total. The summed E-state index contributed by atoms with van der Waals surface area (Å²) in [6.07, 6.45) is 1.31. The van der Waals surface area contributed by atoms with Gasteiger partial charge >= 0.3 is 0 Å². The number of nitrogens with zero attached hydrogens (tertiary/aromatic N) is 1. The van der Waals surface area contributed by atoms with Gasteiger partial charge in [0, 0.05) is 12.8 Å². The lowest BCUT2D eigenvalue weighted by Crippen LogP contribution is -2.30. The summed E-state index contributed by atoms with van der Waals surface area (Å²) in [4.78, 5) is 26.4. The van der Waals surface area contributed by atoms with Crippen molar-refractivity contribution in [3.8, 4) is 0 Å². The summed E-state index contributed by atoms with van der Waals surface area (Å²) in [5.41, 5.74) is 1.01. The van der Waals surface area contributed by atoms with Crippen molar-refractivity contribution in [2.75, 3.05) is 0 Å². The van der Waals surface area contributed by atoms with Crippen LogP contribution < -0.4 is 10.9 Å². The molecule has 0 bridgehead atoms. The molecule has 0 unspecified atom stereocenters. The minimum atomic E-state index is -0.353. The van der Waals surface area contributed by atoms with Crippen molar-refractivity contribution in [3.63, 3.8) is 0 Å². The first-order valence-corrected chi connectivity index (χ1v) is 8.38. The molecule has 6 nitrogen and oxygen atoms in total. The van der Waals surface area contributed by atoms with Crippen molar-refractivity contribution in [3.05, 3.63) is 56.7 Å². The van der Waals surface area contributed by atoms with Gasteiger partial charge in [-0.1, -0.05) is 44.2 Å². The second-order valence-corrected chi connectivity index (χ2v) is 6.52. The topological polar surface area (TPSA) is 90.6 Å². The Hall–Kier alpha value is -2.28. The summed E-state index contributed by atoms with van der Waals surface area (Å²) in [6.45, 7) is 4.25. The molecule has 7 heteroatoms. The van der Waals surface area contributed by atoms with Crippen molar-refractivity contribution in [1.29, 1.82) is 0 Å². The number of carbonyl (C=O) groups is 1. The Balaban J connectivity index is 2.00. The maximum atomic E-state index is 12.3. The van der Waals surface area contributed by atoms with Crippen LogP contribution >= 0.6 is 12.2 Å². The zero-order chi connectivity index (χ0) is 17.5. The molecule has 1 aromatic carbocycles. The van der Waals surface area contributed by atoms with Crippen molar-refractivity contribution < 1.29 is 4.79 Å². The van der Waals surface area contributed by atoms with Crippen LogP contribution in [-0.4, -0.2) is 21.1 Å². The summed E-state index contributed by atoms with van der Waals surface area (Å²) < 4.78 is 0.175. The number of benzene rings is 1. The molecular weight excluding hydrogens is 324 g/mol. The minimum Gasteiger partial charge on any atom is -0.349 e. The Morgan fingerprint density at radius 2 is 2.00 bits per heavy atom. The van der Waals surface area contributed by atoms with Crippen molar-refractivity contribution in [1.82, 2.24) is 20.5 Å². The first-order chi connectivity index (χ1) is 11.5. The van der Waals surface area contributed by atoms with Crippen molar-refractivity contribution >= 4 is 18.1 Å². The van der Waals surface area contributed by atoms with E-state index in [0.29, 0.717) is 5.92 Å². The molecule has 1 heterocycles. The maximum Gasteiger partial charge on any atom is 0.273 e. The van der Waals surface area contributed by atoms with E-state index in [4.69, 9.17) is 12.2 Å². The van der Waals surface area contributed by atoms with Gasteiger partial charge in [0.15, 0.2) is 4.77 Å². The third-order valence-electron chi connectivity index (χ3n) is 3.61. The van der Waals surface area contributed by atoms with Gasteiger partial charge in [-0.05, 0) is 30.1 Å². The van der Waals surface area contributed by atoms with Gasteiger partial charge in [0.05, 0.1) is 6.04 Å². The normalized spacial score (nSPS) is 12.1. The van der Waals surface area contributed by atoms with E-state index in [9.17, 15) is 9.59 Å². The standard InChI is InChI=1S/C17H22N4O2S/c1-11(2)10-14(12-6-4-3-5-7-12)18-15(22)9-8-13-16(23)19-17(24)21-20-13/h3-7,11,14H,8-10H2,1-2H3,(H,18,22)(H2,19,21,23,24)/t14-/m1/s1. The molecule has 1 atom stereocenters. The van der Waals surface area contributed by atoms with Crippen LogP contribution in [0.3, 0.4) is 0 Å². The molecule has 0 aliphatic heterocycles. The smallest absolute Gasteiger partial charge is 0.273 e. The lowest BCUT2D eigenvalue weighted by atomic mass is 9.97. The van der Waals surface area contributed by atoms with Gasteiger partial charge in [0.25, 0.3) is 5.56 Å². The van der Waals surface area contributed by atoms with Gasteiger partial charge in [0.2, 0.25) is 5.91 Å². The fourth-order valence-electron chi connectivity index (χ4n) is 2.48. The summed E-state index contributed by atoms with van der Waals surface area (Å²) >= 11 is 4.79. The molecule has 1 amide bonds. The van der Waals surface area contributed by atoms with E-state index in [2.05, 4.69) is 34.3 Å². The van der Waals surface area contributed by atoms with E-state index < -0.39 is 0 Å². The Bertz CT molecular complexity index is 783. The summed E-state index contributed by atoms with van der Waals surface area (Å²) in [5.74, 6) is 0.349. The fourth-order valence-corrected chi connectivity index (χ4v) is 2.61. The number of amides is 1. The number of hydrogen-bond acceptors (Lipinski definition) is 4. The number of aromatic amines is 2. The van der Waals surface area contributed by atoms with Gasteiger partial charge in [0.1, 0.15) is 5.69 Å². The summed E-state index contributed by atoms with van der Waals surface area (Å²) in [7, 11) is 0. The average Bonchev–Trinajstić information content (AvgIpc) is 2.54. The van der Waals surface area contributed by atoms with Crippen LogP contribution in [0.1, 0.15) is 44.0 Å². The number of aryl methyl sites for hydroxylation is 1. The van der Waals surface area contributed by atoms with E-state index in [1.54, 1.807) is 0 Å². The summed E-state index contributed by atoms with van der Waals surface area (Å²) in [6, 6.07) is 9.86. The Morgan fingerprint density at radius 3 is 2.62 bits per heavy atom. The molecule has 0 saturated carbocycles. The third kappa shape index (κ3) is 5.42. The quantitative estimate of drug-likeness (QED) is 0.672. The summed E-state index contributed by atoms with van der Waals surface area (Å²) in [5, 5.41) is 9.47. The number of carbonyl (C=O) groups excluding carboxylic acids is 1. The molecular formula is C17H22N4O2S. The van der Waals surface area contributed by atoms with Gasteiger partial charge in [-0.3, -0.25) is 19.7 Å². The van der Waals surface area contributed by atoms with Gasteiger partial charge < -0.3 is 5.32 Å². The highest BCUT2D eigenvalue weighted by Gasteiger charge is 2.16. The predicted octanol–water partition coefficient (Wildman–Crippen LogP) is 2.66. The van der Waals surface area contributed by atoms with Crippen LogP contribution in [0.4, 0.5) is 0 Å². The van der Waals surface area contributed by atoms with Crippen molar-refractivity contribution in [2.24, 2.45) is 5.92 Å². The van der Waals surface area contributed by atoms with E-state index in [0.717, 1.165) is 12.0 Å². The number of aromatic nitrogens is 3. The van der Waals surface area contributed by atoms with E-state index in [1.807, 2.05) is 30.3 Å². The molecule has 0 aliphatic carbocycles. The second kappa shape index (κ2) is 8.54. The maximum absolute atomic E-state index is 12.3. The predicted molar refractivity (Wildman–Crippen MR) is 95.1 cm³/mol. The van der Waals surface area contributed by atoms with Crippen LogP contribution in [0.2, 0.25) is 0 Å². The highest BCUT2D eigenvalue weighted by Crippen LogP contribution is 2.21. The van der Waals surface area contributed by atoms with Gasteiger partial charge in [-0.2, -0.15) is 5.10 Å².